The fourth-order valence-corrected chi connectivity index (χ4v) is 4.54. The first-order valence-corrected chi connectivity index (χ1v) is 11.4. The van der Waals surface area contributed by atoms with Crippen LogP contribution in [-0.2, 0) is 24.3 Å². The second kappa shape index (κ2) is 9.42. The van der Waals surface area contributed by atoms with Gasteiger partial charge in [0.25, 0.3) is 5.91 Å². The van der Waals surface area contributed by atoms with E-state index in [4.69, 9.17) is 4.74 Å². The number of anilines is 1. The van der Waals surface area contributed by atoms with Crippen molar-refractivity contribution in [2.45, 2.75) is 44.7 Å². The molecular weight excluding hydrogens is 402 g/mol. The summed E-state index contributed by atoms with van der Waals surface area (Å²) in [5, 5.41) is 11.7. The molecule has 32 heavy (non-hydrogen) atoms. The van der Waals surface area contributed by atoms with Crippen LogP contribution in [0.2, 0.25) is 0 Å². The van der Waals surface area contributed by atoms with E-state index in [1.165, 1.54) is 11.1 Å². The third-order valence-electron chi connectivity index (χ3n) is 6.43. The lowest BCUT2D eigenvalue weighted by Gasteiger charge is -2.24. The maximum Gasteiger partial charge on any atom is 0.260 e. The number of amides is 1. The van der Waals surface area contributed by atoms with Gasteiger partial charge in [0, 0.05) is 44.2 Å². The largest absolute Gasteiger partial charge is 0.484 e. The van der Waals surface area contributed by atoms with Gasteiger partial charge in [0.15, 0.2) is 6.61 Å². The lowest BCUT2D eigenvalue weighted by atomic mass is 9.91. The van der Waals surface area contributed by atoms with E-state index in [9.17, 15) is 4.79 Å². The second-order valence-electron chi connectivity index (χ2n) is 8.63. The molecule has 5 rings (SSSR count). The van der Waals surface area contributed by atoms with E-state index < -0.39 is 0 Å². The first kappa shape index (κ1) is 20.5. The van der Waals surface area contributed by atoms with Crippen molar-refractivity contribution in [3.05, 3.63) is 71.8 Å². The van der Waals surface area contributed by atoms with Gasteiger partial charge >= 0.3 is 0 Å². The van der Waals surface area contributed by atoms with Crippen molar-refractivity contribution in [3.8, 4) is 5.75 Å². The van der Waals surface area contributed by atoms with Crippen molar-refractivity contribution >= 4 is 11.6 Å². The molecule has 1 atom stereocenters. The fraction of sp³-hybridized carbons (Fsp3) is 0.400. The molecule has 1 unspecified atom stereocenters. The maximum atomic E-state index is 12.1. The van der Waals surface area contributed by atoms with Crippen LogP contribution in [0, 0.1) is 0 Å². The highest BCUT2D eigenvalue weighted by Gasteiger charge is 2.21. The molecule has 2 aliphatic heterocycles. The predicted molar refractivity (Wildman–Crippen MR) is 123 cm³/mol. The topological polar surface area (TPSA) is 72.3 Å². The summed E-state index contributed by atoms with van der Waals surface area (Å²) < 4.78 is 7.84. The molecule has 7 heteroatoms. The number of aromatic nitrogens is 3. The minimum atomic E-state index is 0.0756. The first-order chi connectivity index (χ1) is 15.7. The van der Waals surface area contributed by atoms with E-state index in [-0.39, 0.29) is 12.5 Å². The van der Waals surface area contributed by atoms with Crippen LogP contribution >= 0.6 is 0 Å². The van der Waals surface area contributed by atoms with Crippen molar-refractivity contribution in [3.63, 3.8) is 0 Å². The van der Waals surface area contributed by atoms with Crippen molar-refractivity contribution < 1.29 is 9.53 Å². The highest BCUT2D eigenvalue weighted by Crippen LogP contribution is 2.29. The second-order valence-corrected chi connectivity index (χ2v) is 8.63. The zero-order valence-electron chi connectivity index (χ0n) is 18.2. The number of benzene rings is 2. The normalized spacial score (nSPS) is 17.8. The fourth-order valence-electron chi connectivity index (χ4n) is 4.54. The number of ether oxygens (including phenoxy) is 1. The Morgan fingerprint density at radius 1 is 1.12 bits per heavy atom. The number of carbonyl (C=O) groups excluding carboxylic acids is 1. The van der Waals surface area contributed by atoms with Crippen molar-refractivity contribution in [2.24, 2.45) is 0 Å². The number of hydrogen-bond acceptors (Lipinski definition) is 5. The van der Waals surface area contributed by atoms with Gasteiger partial charge in [-0.1, -0.05) is 24.3 Å². The van der Waals surface area contributed by atoms with Gasteiger partial charge in [-0.05, 0) is 54.7 Å². The van der Waals surface area contributed by atoms with Gasteiger partial charge in [-0.3, -0.25) is 4.79 Å². The molecule has 2 aromatic carbocycles. The number of likely N-dealkylation sites (tertiary alicyclic amines) is 1. The SMILES string of the molecule is O=C(COc1ccc(CNc2cccc(C3CCc4nncn4C3)c2)cc1)N1CCCC1. The Morgan fingerprint density at radius 3 is 2.81 bits per heavy atom. The van der Waals surface area contributed by atoms with Gasteiger partial charge in [-0.2, -0.15) is 0 Å². The molecule has 0 bridgehead atoms. The summed E-state index contributed by atoms with van der Waals surface area (Å²) in [6.07, 6.45) is 6.10. The molecule has 2 aliphatic rings. The quantitative estimate of drug-likeness (QED) is 0.619. The van der Waals surface area contributed by atoms with Crippen LogP contribution < -0.4 is 10.1 Å². The molecule has 7 nitrogen and oxygen atoms in total. The molecule has 166 valence electrons. The van der Waals surface area contributed by atoms with E-state index in [0.717, 1.165) is 69.1 Å². The van der Waals surface area contributed by atoms with Gasteiger partial charge in [0.2, 0.25) is 0 Å². The molecular formula is C25H29N5O2. The Balaban J connectivity index is 1.13. The van der Waals surface area contributed by atoms with Gasteiger partial charge in [0.05, 0.1) is 0 Å². The summed E-state index contributed by atoms with van der Waals surface area (Å²) in [5.41, 5.74) is 3.63. The Hall–Kier alpha value is -3.35. The zero-order valence-corrected chi connectivity index (χ0v) is 18.2. The third kappa shape index (κ3) is 4.77. The smallest absolute Gasteiger partial charge is 0.260 e. The molecule has 1 aromatic heterocycles. The van der Waals surface area contributed by atoms with Gasteiger partial charge in [0.1, 0.15) is 17.9 Å². The zero-order chi connectivity index (χ0) is 21.8. The molecule has 1 saturated heterocycles. The molecule has 0 aliphatic carbocycles. The van der Waals surface area contributed by atoms with Crippen molar-refractivity contribution in [1.82, 2.24) is 19.7 Å². The lowest BCUT2D eigenvalue weighted by molar-refractivity contribution is -0.132. The Bertz CT molecular complexity index is 1060. The molecule has 1 N–H and O–H groups in total. The number of aryl methyl sites for hydroxylation is 1. The van der Waals surface area contributed by atoms with Crippen LogP contribution in [-0.4, -0.2) is 45.3 Å². The average Bonchev–Trinajstić information content (AvgIpc) is 3.54. The Kier molecular flexibility index (Phi) is 6.05. The molecule has 0 spiro atoms. The number of rotatable bonds is 7. The van der Waals surface area contributed by atoms with Crippen LogP contribution in [0.5, 0.6) is 5.75 Å². The Labute approximate surface area is 188 Å². The molecule has 0 saturated carbocycles. The van der Waals surface area contributed by atoms with Crippen LogP contribution in [0.15, 0.2) is 54.9 Å². The van der Waals surface area contributed by atoms with E-state index >= 15 is 0 Å². The van der Waals surface area contributed by atoms with Gasteiger partial charge in [-0.15, -0.1) is 10.2 Å². The minimum Gasteiger partial charge on any atom is -0.484 e. The highest BCUT2D eigenvalue weighted by molar-refractivity contribution is 5.78. The molecule has 1 amide bonds. The number of fused-ring (bicyclic) bond motifs is 1. The summed E-state index contributed by atoms with van der Waals surface area (Å²) in [4.78, 5) is 14.0. The number of carbonyl (C=O) groups is 1. The van der Waals surface area contributed by atoms with Crippen LogP contribution in [0.3, 0.4) is 0 Å². The summed E-state index contributed by atoms with van der Waals surface area (Å²) in [6, 6.07) is 16.6. The molecule has 0 radical (unpaired) electrons. The van der Waals surface area contributed by atoms with Gasteiger partial charge < -0.3 is 19.5 Å². The number of nitrogens with zero attached hydrogens (tertiary/aromatic N) is 4. The lowest BCUT2D eigenvalue weighted by Crippen LogP contribution is -2.32. The van der Waals surface area contributed by atoms with Crippen molar-refractivity contribution in [2.75, 3.05) is 25.0 Å². The monoisotopic (exact) mass is 431 g/mol. The predicted octanol–water partition coefficient (Wildman–Crippen LogP) is 3.62. The van der Waals surface area contributed by atoms with Crippen LogP contribution in [0.4, 0.5) is 5.69 Å². The average molecular weight is 432 g/mol. The summed E-state index contributed by atoms with van der Waals surface area (Å²) in [5.74, 6) is 2.38. The molecule has 3 heterocycles. The van der Waals surface area contributed by atoms with E-state index in [1.807, 2.05) is 35.5 Å². The Morgan fingerprint density at radius 2 is 1.97 bits per heavy atom. The summed E-state index contributed by atoms with van der Waals surface area (Å²) >= 11 is 0. The van der Waals surface area contributed by atoms with Crippen molar-refractivity contribution in [1.29, 1.82) is 0 Å². The van der Waals surface area contributed by atoms with Crippen LogP contribution in [0.1, 0.15) is 42.1 Å². The number of nitrogens with one attached hydrogen (secondary N) is 1. The molecule has 3 aromatic rings. The van der Waals surface area contributed by atoms with Crippen LogP contribution in [0.25, 0.3) is 0 Å². The summed E-state index contributed by atoms with van der Waals surface area (Å²) in [6.45, 7) is 3.50. The van der Waals surface area contributed by atoms with Gasteiger partial charge in [-0.25, -0.2) is 0 Å². The minimum absolute atomic E-state index is 0.0756. The first-order valence-electron chi connectivity index (χ1n) is 11.4. The summed E-state index contributed by atoms with van der Waals surface area (Å²) in [7, 11) is 0. The van der Waals surface area contributed by atoms with E-state index in [2.05, 4.69) is 44.3 Å². The maximum absolute atomic E-state index is 12.1. The standard InChI is InChI=1S/C25H29N5O2/c31-25(29-12-1-2-13-29)17-32-23-9-6-19(7-10-23)15-26-22-5-3-4-20(14-22)21-8-11-24-28-27-18-30(24)16-21/h3-7,9-10,14,18,21,26H,1-2,8,11-13,15-17H2. The highest BCUT2D eigenvalue weighted by atomic mass is 16.5. The molecule has 1 fully saturated rings. The van der Waals surface area contributed by atoms with E-state index in [0.29, 0.717) is 5.92 Å². The third-order valence-corrected chi connectivity index (χ3v) is 6.43. The number of hydrogen-bond donors (Lipinski definition) is 1. The van der Waals surface area contributed by atoms with E-state index in [1.54, 1.807) is 0 Å².